The quantitative estimate of drug-likeness (QED) is 0.172. The molecule has 0 aliphatic heterocycles. The second-order valence-electron chi connectivity index (χ2n) is 14.6. The van der Waals surface area contributed by atoms with Crippen LogP contribution in [0.4, 0.5) is 0 Å². The molecule has 3 aromatic heterocycles. The highest BCUT2D eigenvalue weighted by molar-refractivity contribution is 6.12. The molecule has 1 atom stereocenters. The number of rotatable bonds is 6. The Balaban J connectivity index is 0.948. The van der Waals surface area contributed by atoms with Gasteiger partial charge in [0.2, 0.25) is 5.95 Å². The minimum absolute atomic E-state index is 0.318. The summed E-state index contributed by atoms with van der Waals surface area (Å²) in [7, 11) is 0. The summed E-state index contributed by atoms with van der Waals surface area (Å²) in [5, 5.41) is 4.85. The van der Waals surface area contributed by atoms with Crippen LogP contribution in [0.3, 0.4) is 0 Å². The van der Waals surface area contributed by atoms with Crippen molar-refractivity contribution in [3.8, 4) is 33.9 Å². The molecular formula is C52H36N4. The zero-order valence-corrected chi connectivity index (χ0v) is 30.6. The predicted octanol–water partition coefficient (Wildman–Crippen LogP) is 13.1. The summed E-state index contributed by atoms with van der Waals surface area (Å²) in [6.45, 7) is 0. The molecule has 4 heteroatoms. The molecule has 11 rings (SSSR count). The third kappa shape index (κ3) is 5.38. The van der Waals surface area contributed by atoms with Gasteiger partial charge in [-0.3, -0.25) is 4.57 Å². The first-order valence-electron chi connectivity index (χ1n) is 19.3. The summed E-state index contributed by atoms with van der Waals surface area (Å²) in [6.07, 6.45) is 9.66. The molecule has 7 aromatic carbocycles. The first kappa shape index (κ1) is 32.2. The lowest BCUT2D eigenvalue weighted by Crippen LogP contribution is -2.04. The molecule has 0 spiro atoms. The van der Waals surface area contributed by atoms with E-state index in [2.05, 4.69) is 197 Å². The molecule has 0 N–H and O–H groups in total. The van der Waals surface area contributed by atoms with Gasteiger partial charge in [-0.1, -0.05) is 140 Å². The van der Waals surface area contributed by atoms with Crippen molar-refractivity contribution >= 4 is 49.2 Å². The average molecular weight is 717 g/mol. The van der Waals surface area contributed by atoms with Crippen LogP contribution in [0, 0.1) is 0 Å². The Bertz CT molecular complexity index is 3170. The molecule has 1 aliphatic carbocycles. The molecule has 56 heavy (non-hydrogen) atoms. The van der Waals surface area contributed by atoms with E-state index in [1.165, 1.54) is 60.4 Å². The van der Waals surface area contributed by atoms with Crippen molar-refractivity contribution in [1.82, 2.24) is 19.1 Å². The van der Waals surface area contributed by atoms with Crippen LogP contribution >= 0.6 is 0 Å². The molecule has 10 aromatic rings. The van der Waals surface area contributed by atoms with E-state index in [0.29, 0.717) is 11.9 Å². The zero-order valence-electron chi connectivity index (χ0n) is 30.6. The van der Waals surface area contributed by atoms with Gasteiger partial charge in [0.05, 0.1) is 27.8 Å². The fourth-order valence-electron chi connectivity index (χ4n) is 8.63. The summed E-state index contributed by atoms with van der Waals surface area (Å²) in [5.41, 5.74) is 14.0. The van der Waals surface area contributed by atoms with Crippen molar-refractivity contribution in [2.45, 2.75) is 12.3 Å². The Hall–Kier alpha value is -7.30. The monoisotopic (exact) mass is 716 g/mol. The molecule has 0 bridgehead atoms. The molecule has 0 saturated carbocycles. The van der Waals surface area contributed by atoms with Gasteiger partial charge in [0.25, 0.3) is 0 Å². The summed E-state index contributed by atoms with van der Waals surface area (Å²) in [4.78, 5) is 10.0. The third-order valence-corrected chi connectivity index (χ3v) is 11.4. The number of benzene rings is 7. The average Bonchev–Trinajstić information content (AvgIpc) is 3.79. The fourth-order valence-corrected chi connectivity index (χ4v) is 8.63. The lowest BCUT2D eigenvalue weighted by molar-refractivity contribution is 0.855. The molecule has 0 radical (unpaired) electrons. The standard InChI is InChI=1S/C52H36N4/c1-3-12-35(13-4-1)38-14-11-15-39(32-38)36-22-24-37(25-23-36)47-30-31-53-52(54-47)56-49-21-10-8-19-44(49)46-34-41(27-29-51(46)56)40-26-28-50-45(33-40)43-18-7-9-20-48(43)55(50)42-16-5-2-6-17-42/h1-22,24-34,36H,23H2. The summed E-state index contributed by atoms with van der Waals surface area (Å²) >= 11 is 0. The Kier molecular flexibility index (Phi) is 7.59. The van der Waals surface area contributed by atoms with Crippen LogP contribution in [0.15, 0.2) is 200 Å². The van der Waals surface area contributed by atoms with Crippen molar-refractivity contribution in [3.63, 3.8) is 0 Å². The number of hydrogen-bond acceptors (Lipinski definition) is 2. The molecule has 1 unspecified atom stereocenters. The zero-order chi connectivity index (χ0) is 37.0. The van der Waals surface area contributed by atoms with Crippen LogP contribution in [-0.2, 0) is 0 Å². The molecule has 3 heterocycles. The normalized spacial score (nSPS) is 14.2. The van der Waals surface area contributed by atoms with Crippen molar-refractivity contribution in [2.24, 2.45) is 0 Å². The maximum absolute atomic E-state index is 5.19. The minimum Gasteiger partial charge on any atom is -0.309 e. The van der Waals surface area contributed by atoms with Gasteiger partial charge in [-0.2, -0.15) is 0 Å². The van der Waals surface area contributed by atoms with E-state index < -0.39 is 0 Å². The smallest absolute Gasteiger partial charge is 0.235 e. The highest BCUT2D eigenvalue weighted by atomic mass is 15.2. The van der Waals surface area contributed by atoms with E-state index >= 15 is 0 Å². The summed E-state index contributed by atoms with van der Waals surface area (Å²) < 4.78 is 4.57. The maximum Gasteiger partial charge on any atom is 0.235 e. The second-order valence-corrected chi connectivity index (χ2v) is 14.6. The highest BCUT2D eigenvalue weighted by Crippen LogP contribution is 2.38. The van der Waals surface area contributed by atoms with Crippen LogP contribution < -0.4 is 0 Å². The number of para-hydroxylation sites is 3. The van der Waals surface area contributed by atoms with Crippen LogP contribution in [-0.4, -0.2) is 19.1 Å². The maximum atomic E-state index is 5.19. The number of aromatic nitrogens is 4. The lowest BCUT2D eigenvalue weighted by atomic mass is 9.88. The molecular weight excluding hydrogens is 681 g/mol. The van der Waals surface area contributed by atoms with Gasteiger partial charge in [-0.15, -0.1) is 0 Å². The van der Waals surface area contributed by atoms with E-state index in [1.807, 2.05) is 12.3 Å². The number of hydrogen-bond donors (Lipinski definition) is 0. The first-order chi connectivity index (χ1) is 27.8. The van der Waals surface area contributed by atoms with Gasteiger partial charge in [0.15, 0.2) is 0 Å². The Morgan fingerprint density at radius 3 is 1.75 bits per heavy atom. The minimum atomic E-state index is 0.318. The van der Waals surface area contributed by atoms with Gasteiger partial charge < -0.3 is 4.57 Å². The predicted molar refractivity (Wildman–Crippen MR) is 232 cm³/mol. The summed E-state index contributed by atoms with van der Waals surface area (Å²) in [6, 6.07) is 63.1. The lowest BCUT2D eigenvalue weighted by Gasteiger charge is -2.18. The van der Waals surface area contributed by atoms with Gasteiger partial charge in [0.1, 0.15) is 0 Å². The van der Waals surface area contributed by atoms with E-state index in [1.54, 1.807) is 0 Å². The third-order valence-electron chi connectivity index (χ3n) is 11.4. The van der Waals surface area contributed by atoms with Gasteiger partial charge in [-0.05, 0) is 94.4 Å². The van der Waals surface area contributed by atoms with Gasteiger partial charge >= 0.3 is 0 Å². The molecule has 0 saturated heterocycles. The molecule has 0 fully saturated rings. The van der Waals surface area contributed by atoms with E-state index in [-0.39, 0.29) is 0 Å². The van der Waals surface area contributed by atoms with Crippen molar-refractivity contribution in [1.29, 1.82) is 0 Å². The van der Waals surface area contributed by atoms with Crippen molar-refractivity contribution in [3.05, 3.63) is 212 Å². The van der Waals surface area contributed by atoms with E-state index in [4.69, 9.17) is 9.97 Å². The summed E-state index contributed by atoms with van der Waals surface area (Å²) in [5.74, 6) is 0.988. The number of nitrogens with zero attached hydrogens (tertiary/aromatic N) is 4. The fraction of sp³-hybridized carbons (Fsp3) is 0.0385. The van der Waals surface area contributed by atoms with Crippen LogP contribution in [0.25, 0.3) is 83.1 Å². The molecule has 264 valence electrons. The van der Waals surface area contributed by atoms with Gasteiger partial charge in [0, 0.05) is 39.3 Å². The molecule has 0 amide bonds. The van der Waals surface area contributed by atoms with Crippen molar-refractivity contribution < 1.29 is 0 Å². The largest absolute Gasteiger partial charge is 0.309 e. The Morgan fingerprint density at radius 2 is 1.05 bits per heavy atom. The Labute approximate surface area is 325 Å². The van der Waals surface area contributed by atoms with Crippen LogP contribution in [0.5, 0.6) is 0 Å². The van der Waals surface area contributed by atoms with Gasteiger partial charge in [-0.25, -0.2) is 9.97 Å². The van der Waals surface area contributed by atoms with Crippen molar-refractivity contribution in [2.75, 3.05) is 0 Å². The van der Waals surface area contributed by atoms with E-state index in [9.17, 15) is 0 Å². The number of allylic oxidation sites excluding steroid dienone is 4. The van der Waals surface area contributed by atoms with Crippen LogP contribution in [0.2, 0.25) is 0 Å². The molecule has 4 nitrogen and oxygen atoms in total. The van der Waals surface area contributed by atoms with Crippen LogP contribution in [0.1, 0.15) is 23.6 Å². The Morgan fingerprint density at radius 1 is 0.464 bits per heavy atom. The first-order valence-corrected chi connectivity index (χ1v) is 19.3. The second kappa shape index (κ2) is 13.2. The highest BCUT2D eigenvalue weighted by Gasteiger charge is 2.19. The van der Waals surface area contributed by atoms with E-state index in [0.717, 1.165) is 34.4 Å². The molecule has 1 aliphatic rings. The SMILES string of the molecule is C1=CC(c2cccc(-c3ccccc3)c2)CC=C1c1ccnc(-n2c3ccccc3c3cc(-c4ccc5c(c4)c4ccccc4n5-c4ccccc4)ccc32)n1. The topological polar surface area (TPSA) is 35.6 Å². The number of fused-ring (bicyclic) bond motifs is 6.